The third-order valence-corrected chi connectivity index (χ3v) is 4.90. The molecule has 1 aliphatic rings. The van der Waals surface area contributed by atoms with Gasteiger partial charge in [0.1, 0.15) is 0 Å². The standard InChI is InChI=1S/C17H26N2OS/c1-14(2)19(12-15-7-6-10-18-11-15)17(20)13-21-16-8-4-3-5-9-16/h3-5,8-9,14-15,18H,6-7,10-13H2,1-2H3. The first-order chi connectivity index (χ1) is 10.2. The molecule has 1 amide bonds. The summed E-state index contributed by atoms with van der Waals surface area (Å²) in [5, 5.41) is 3.43. The smallest absolute Gasteiger partial charge is 0.233 e. The Morgan fingerprint density at radius 3 is 2.76 bits per heavy atom. The van der Waals surface area contributed by atoms with Gasteiger partial charge in [0.25, 0.3) is 0 Å². The molecule has 3 nitrogen and oxygen atoms in total. The lowest BCUT2D eigenvalue weighted by molar-refractivity contribution is -0.130. The molecular weight excluding hydrogens is 280 g/mol. The number of benzene rings is 1. The molecule has 2 rings (SSSR count). The predicted molar refractivity (Wildman–Crippen MR) is 89.6 cm³/mol. The molecule has 0 saturated carbocycles. The Hall–Kier alpha value is -1.00. The lowest BCUT2D eigenvalue weighted by Gasteiger charge is -2.33. The van der Waals surface area contributed by atoms with Crippen LogP contribution in [0.4, 0.5) is 0 Å². The highest BCUT2D eigenvalue weighted by Crippen LogP contribution is 2.19. The molecule has 0 aliphatic carbocycles. The van der Waals surface area contributed by atoms with Gasteiger partial charge in [-0.1, -0.05) is 18.2 Å². The molecule has 1 atom stereocenters. The Morgan fingerprint density at radius 1 is 1.38 bits per heavy atom. The SMILES string of the molecule is CC(C)N(CC1CCCNC1)C(=O)CSc1ccccc1. The Labute approximate surface area is 132 Å². The van der Waals surface area contributed by atoms with Crippen molar-refractivity contribution in [1.29, 1.82) is 0 Å². The molecule has 1 aromatic rings. The van der Waals surface area contributed by atoms with Crippen molar-refractivity contribution in [3.63, 3.8) is 0 Å². The Morgan fingerprint density at radius 2 is 2.14 bits per heavy atom. The molecule has 1 fully saturated rings. The summed E-state index contributed by atoms with van der Waals surface area (Å²) in [5.74, 6) is 1.39. The van der Waals surface area contributed by atoms with E-state index in [9.17, 15) is 4.79 Å². The first kappa shape index (κ1) is 16.4. The van der Waals surface area contributed by atoms with Crippen LogP contribution in [0, 0.1) is 5.92 Å². The minimum atomic E-state index is 0.254. The van der Waals surface area contributed by atoms with Crippen LogP contribution in [0.25, 0.3) is 0 Å². The van der Waals surface area contributed by atoms with Crippen LogP contribution < -0.4 is 5.32 Å². The van der Waals surface area contributed by atoms with Gasteiger partial charge in [0.05, 0.1) is 5.75 Å². The predicted octanol–water partition coefficient (Wildman–Crippen LogP) is 3.02. The van der Waals surface area contributed by atoms with Gasteiger partial charge in [0.15, 0.2) is 0 Å². The highest BCUT2D eigenvalue weighted by atomic mass is 32.2. The van der Waals surface area contributed by atoms with Gasteiger partial charge in [-0.05, 0) is 57.8 Å². The minimum Gasteiger partial charge on any atom is -0.339 e. The zero-order chi connectivity index (χ0) is 15.1. The maximum Gasteiger partial charge on any atom is 0.233 e. The zero-order valence-corrected chi connectivity index (χ0v) is 13.9. The Kier molecular flexibility index (Phi) is 6.58. The molecule has 4 heteroatoms. The molecule has 1 saturated heterocycles. The molecule has 0 spiro atoms. The number of piperidine rings is 1. The Balaban J connectivity index is 1.86. The summed E-state index contributed by atoms with van der Waals surface area (Å²) in [5.41, 5.74) is 0. The van der Waals surface area contributed by atoms with Gasteiger partial charge in [-0.15, -0.1) is 11.8 Å². The number of amides is 1. The number of hydrogen-bond donors (Lipinski definition) is 1. The summed E-state index contributed by atoms with van der Waals surface area (Å²) in [6.45, 7) is 7.28. The number of nitrogens with one attached hydrogen (secondary N) is 1. The minimum absolute atomic E-state index is 0.254. The van der Waals surface area contributed by atoms with Crippen LogP contribution in [-0.4, -0.2) is 42.2 Å². The molecule has 0 bridgehead atoms. The van der Waals surface area contributed by atoms with E-state index in [0.29, 0.717) is 11.7 Å². The quantitative estimate of drug-likeness (QED) is 0.820. The van der Waals surface area contributed by atoms with Crippen LogP contribution in [0.15, 0.2) is 35.2 Å². The fraction of sp³-hybridized carbons (Fsp3) is 0.588. The largest absolute Gasteiger partial charge is 0.339 e. The van der Waals surface area contributed by atoms with Crippen molar-refractivity contribution < 1.29 is 4.79 Å². The fourth-order valence-corrected chi connectivity index (χ4v) is 3.51. The van der Waals surface area contributed by atoms with Gasteiger partial charge >= 0.3 is 0 Å². The third-order valence-electron chi connectivity index (χ3n) is 3.90. The second kappa shape index (κ2) is 8.44. The summed E-state index contributed by atoms with van der Waals surface area (Å²) in [7, 11) is 0. The number of carbonyl (C=O) groups is 1. The van der Waals surface area contributed by atoms with Gasteiger partial charge in [-0.3, -0.25) is 4.79 Å². The van der Waals surface area contributed by atoms with Crippen molar-refractivity contribution in [1.82, 2.24) is 10.2 Å². The average Bonchev–Trinajstić information content (AvgIpc) is 2.52. The van der Waals surface area contributed by atoms with Crippen LogP contribution in [0.3, 0.4) is 0 Å². The van der Waals surface area contributed by atoms with Crippen LogP contribution >= 0.6 is 11.8 Å². The molecule has 1 heterocycles. The van der Waals surface area contributed by atoms with Crippen LogP contribution in [0.2, 0.25) is 0 Å². The number of hydrogen-bond acceptors (Lipinski definition) is 3. The molecule has 1 unspecified atom stereocenters. The normalized spacial score (nSPS) is 18.7. The van der Waals surface area contributed by atoms with E-state index in [1.165, 1.54) is 12.8 Å². The second-order valence-corrected chi connectivity index (χ2v) is 7.00. The molecule has 1 aromatic carbocycles. The lowest BCUT2D eigenvalue weighted by Crippen LogP contribution is -2.44. The van der Waals surface area contributed by atoms with E-state index in [4.69, 9.17) is 0 Å². The van der Waals surface area contributed by atoms with E-state index in [0.717, 1.165) is 24.5 Å². The highest BCUT2D eigenvalue weighted by molar-refractivity contribution is 8.00. The fourth-order valence-electron chi connectivity index (χ4n) is 2.70. The van der Waals surface area contributed by atoms with Gasteiger partial charge < -0.3 is 10.2 Å². The van der Waals surface area contributed by atoms with E-state index in [1.54, 1.807) is 11.8 Å². The van der Waals surface area contributed by atoms with Crippen molar-refractivity contribution >= 4 is 17.7 Å². The molecule has 0 radical (unpaired) electrons. The van der Waals surface area contributed by atoms with E-state index in [-0.39, 0.29) is 11.9 Å². The maximum absolute atomic E-state index is 12.5. The highest BCUT2D eigenvalue weighted by Gasteiger charge is 2.22. The summed E-state index contributed by atoms with van der Waals surface area (Å²) in [4.78, 5) is 15.7. The average molecular weight is 306 g/mol. The van der Waals surface area contributed by atoms with E-state index >= 15 is 0 Å². The molecule has 116 valence electrons. The van der Waals surface area contributed by atoms with Crippen molar-refractivity contribution in [2.45, 2.75) is 37.6 Å². The van der Waals surface area contributed by atoms with Gasteiger partial charge in [0.2, 0.25) is 5.91 Å². The van der Waals surface area contributed by atoms with Gasteiger partial charge in [0, 0.05) is 17.5 Å². The summed E-state index contributed by atoms with van der Waals surface area (Å²) in [6.07, 6.45) is 2.46. The second-order valence-electron chi connectivity index (χ2n) is 5.95. The molecule has 21 heavy (non-hydrogen) atoms. The summed E-state index contributed by atoms with van der Waals surface area (Å²) < 4.78 is 0. The number of carbonyl (C=O) groups excluding carboxylic acids is 1. The number of rotatable bonds is 6. The molecular formula is C17H26N2OS. The van der Waals surface area contributed by atoms with Crippen LogP contribution in [0.5, 0.6) is 0 Å². The maximum atomic E-state index is 12.5. The van der Waals surface area contributed by atoms with Crippen molar-refractivity contribution in [2.24, 2.45) is 5.92 Å². The third kappa shape index (κ3) is 5.36. The molecule has 0 aromatic heterocycles. The summed E-state index contributed by atoms with van der Waals surface area (Å²) in [6, 6.07) is 10.4. The van der Waals surface area contributed by atoms with Crippen molar-refractivity contribution in [3.8, 4) is 0 Å². The molecule has 1 N–H and O–H groups in total. The first-order valence-corrected chi connectivity index (χ1v) is 8.83. The molecule has 1 aliphatic heterocycles. The van der Waals surface area contributed by atoms with Gasteiger partial charge in [-0.2, -0.15) is 0 Å². The van der Waals surface area contributed by atoms with E-state index in [1.807, 2.05) is 23.1 Å². The van der Waals surface area contributed by atoms with E-state index < -0.39 is 0 Å². The lowest BCUT2D eigenvalue weighted by atomic mass is 9.98. The Bertz CT molecular complexity index is 430. The number of thioether (sulfide) groups is 1. The van der Waals surface area contributed by atoms with Crippen LogP contribution in [0.1, 0.15) is 26.7 Å². The zero-order valence-electron chi connectivity index (χ0n) is 13.0. The first-order valence-electron chi connectivity index (χ1n) is 7.85. The van der Waals surface area contributed by atoms with Crippen molar-refractivity contribution in [3.05, 3.63) is 30.3 Å². The number of nitrogens with zero attached hydrogens (tertiary/aromatic N) is 1. The van der Waals surface area contributed by atoms with Crippen LogP contribution in [-0.2, 0) is 4.79 Å². The monoisotopic (exact) mass is 306 g/mol. The summed E-state index contributed by atoms with van der Waals surface area (Å²) >= 11 is 1.63. The van der Waals surface area contributed by atoms with Gasteiger partial charge in [-0.25, -0.2) is 0 Å². The van der Waals surface area contributed by atoms with E-state index in [2.05, 4.69) is 31.3 Å². The topological polar surface area (TPSA) is 32.3 Å². The van der Waals surface area contributed by atoms with Crippen molar-refractivity contribution in [2.75, 3.05) is 25.4 Å².